The van der Waals surface area contributed by atoms with E-state index < -0.39 is 0 Å². The largest absolute Gasteiger partial charge is 0.462 e. The molecular weight excluding hydrogens is 176 g/mol. The third kappa shape index (κ3) is 6.70. The Morgan fingerprint density at radius 2 is 1.86 bits per heavy atom. The van der Waals surface area contributed by atoms with Gasteiger partial charge in [0.2, 0.25) is 0 Å². The third-order valence-electron chi connectivity index (χ3n) is 2.24. The van der Waals surface area contributed by atoms with E-state index in [1.807, 2.05) is 6.92 Å². The predicted octanol–water partition coefficient (Wildman–Crippen LogP) is 3.47. The molecule has 0 aromatic heterocycles. The summed E-state index contributed by atoms with van der Waals surface area (Å²) < 4.78 is 5.07. The highest BCUT2D eigenvalue weighted by Crippen LogP contribution is 2.03. The first kappa shape index (κ1) is 13.2. The number of unbranched alkanes of at least 4 members (excludes halogenated alkanes) is 4. The van der Waals surface area contributed by atoms with Gasteiger partial charge in [-0.05, 0) is 20.3 Å². The predicted molar refractivity (Wildman–Crippen MR) is 59.1 cm³/mol. The minimum atomic E-state index is -0.178. The molecule has 2 nitrogen and oxygen atoms in total. The van der Waals surface area contributed by atoms with Gasteiger partial charge in [0.1, 0.15) is 0 Å². The zero-order chi connectivity index (χ0) is 10.8. The molecule has 0 aliphatic carbocycles. The Hall–Kier alpha value is -0.790. The zero-order valence-electron chi connectivity index (χ0n) is 9.64. The average Bonchev–Trinajstić information content (AvgIpc) is 2.21. The fourth-order valence-corrected chi connectivity index (χ4v) is 1.10. The van der Waals surface area contributed by atoms with Crippen molar-refractivity contribution in [2.45, 2.75) is 52.9 Å². The number of allylic oxidation sites excluding steroid dienone is 1. The lowest BCUT2D eigenvalue weighted by molar-refractivity contribution is -0.139. The molecule has 0 aromatic rings. The first-order valence-corrected chi connectivity index (χ1v) is 5.52. The number of carbonyl (C=O) groups excluding carboxylic acids is 1. The maximum absolute atomic E-state index is 11.2. The maximum atomic E-state index is 11.2. The van der Waals surface area contributed by atoms with Gasteiger partial charge in [0.15, 0.2) is 0 Å². The average molecular weight is 198 g/mol. The van der Waals surface area contributed by atoms with E-state index >= 15 is 0 Å². The van der Waals surface area contributed by atoms with E-state index in [0.29, 0.717) is 12.2 Å². The smallest absolute Gasteiger partial charge is 0.333 e. The second-order valence-electron chi connectivity index (χ2n) is 3.52. The van der Waals surface area contributed by atoms with Crippen molar-refractivity contribution in [2.24, 2.45) is 0 Å². The van der Waals surface area contributed by atoms with Gasteiger partial charge in [-0.25, -0.2) is 4.79 Å². The van der Waals surface area contributed by atoms with Crippen molar-refractivity contribution in [3.05, 3.63) is 11.6 Å². The van der Waals surface area contributed by atoms with Gasteiger partial charge in [-0.15, -0.1) is 0 Å². The van der Waals surface area contributed by atoms with Gasteiger partial charge < -0.3 is 4.74 Å². The van der Waals surface area contributed by atoms with Crippen molar-refractivity contribution in [3.63, 3.8) is 0 Å². The van der Waals surface area contributed by atoms with Crippen LogP contribution in [0.25, 0.3) is 0 Å². The molecule has 2 heteroatoms. The highest BCUT2D eigenvalue weighted by molar-refractivity contribution is 5.87. The molecule has 0 N–H and O–H groups in total. The van der Waals surface area contributed by atoms with Gasteiger partial charge in [0, 0.05) is 5.57 Å². The molecule has 0 fully saturated rings. The molecule has 0 aliphatic rings. The van der Waals surface area contributed by atoms with E-state index in [0.717, 1.165) is 12.8 Å². The Morgan fingerprint density at radius 1 is 1.21 bits per heavy atom. The monoisotopic (exact) mass is 198 g/mol. The summed E-state index contributed by atoms with van der Waals surface area (Å²) in [4.78, 5) is 11.2. The first-order valence-electron chi connectivity index (χ1n) is 5.52. The molecule has 0 unspecified atom stereocenters. The number of carbonyl (C=O) groups is 1. The van der Waals surface area contributed by atoms with E-state index in [9.17, 15) is 4.79 Å². The van der Waals surface area contributed by atoms with Crippen molar-refractivity contribution in [1.29, 1.82) is 0 Å². The molecule has 0 radical (unpaired) electrons. The molecule has 0 atom stereocenters. The number of hydrogen-bond donors (Lipinski definition) is 0. The molecule has 0 saturated heterocycles. The van der Waals surface area contributed by atoms with Crippen LogP contribution in [0, 0.1) is 0 Å². The standard InChI is InChI=1S/C12H22O2/c1-4-6-7-8-9-10-14-12(13)11(3)5-2/h5H,4,6-10H2,1-3H3. The summed E-state index contributed by atoms with van der Waals surface area (Å²) in [5.74, 6) is -0.178. The lowest BCUT2D eigenvalue weighted by Crippen LogP contribution is -2.06. The van der Waals surface area contributed by atoms with E-state index in [4.69, 9.17) is 4.74 Å². The van der Waals surface area contributed by atoms with Crippen LogP contribution in [0.5, 0.6) is 0 Å². The Kier molecular flexibility index (Phi) is 8.30. The Balaban J connectivity index is 3.32. The summed E-state index contributed by atoms with van der Waals surface area (Å²) in [5.41, 5.74) is 0.693. The van der Waals surface area contributed by atoms with Crippen LogP contribution in [-0.2, 0) is 9.53 Å². The molecule has 0 aromatic carbocycles. The lowest BCUT2D eigenvalue weighted by atomic mass is 10.2. The molecule has 0 heterocycles. The van der Waals surface area contributed by atoms with Crippen LogP contribution < -0.4 is 0 Å². The topological polar surface area (TPSA) is 26.3 Å². The second-order valence-corrected chi connectivity index (χ2v) is 3.52. The number of hydrogen-bond acceptors (Lipinski definition) is 2. The molecule has 0 spiro atoms. The van der Waals surface area contributed by atoms with Crippen LogP contribution in [-0.4, -0.2) is 12.6 Å². The van der Waals surface area contributed by atoms with Crippen molar-refractivity contribution in [3.8, 4) is 0 Å². The molecule has 0 bridgehead atoms. The number of rotatable bonds is 7. The van der Waals surface area contributed by atoms with E-state index in [-0.39, 0.29) is 5.97 Å². The number of esters is 1. The molecule has 14 heavy (non-hydrogen) atoms. The quantitative estimate of drug-likeness (QED) is 0.356. The van der Waals surface area contributed by atoms with Gasteiger partial charge in [0.05, 0.1) is 6.61 Å². The molecule has 82 valence electrons. The summed E-state index contributed by atoms with van der Waals surface area (Å²) in [6, 6.07) is 0. The summed E-state index contributed by atoms with van der Waals surface area (Å²) in [6.45, 7) is 6.38. The molecule has 0 aliphatic heterocycles. The number of ether oxygens (including phenoxy) is 1. The third-order valence-corrected chi connectivity index (χ3v) is 2.24. The van der Waals surface area contributed by atoms with Crippen molar-refractivity contribution in [2.75, 3.05) is 6.61 Å². The van der Waals surface area contributed by atoms with Gasteiger partial charge in [-0.2, -0.15) is 0 Å². The summed E-state index contributed by atoms with van der Waals surface area (Å²) >= 11 is 0. The van der Waals surface area contributed by atoms with Gasteiger partial charge >= 0.3 is 5.97 Å². The fraction of sp³-hybridized carbons (Fsp3) is 0.750. The molecular formula is C12H22O2. The normalized spacial score (nSPS) is 11.5. The van der Waals surface area contributed by atoms with Gasteiger partial charge in [-0.3, -0.25) is 0 Å². The molecule has 0 amide bonds. The second kappa shape index (κ2) is 8.79. The van der Waals surface area contributed by atoms with Crippen molar-refractivity contribution >= 4 is 5.97 Å². The van der Waals surface area contributed by atoms with Crippen molar-refractivity contribution < 1.29 is 9.53 Å². The van der Waals surface area contributed by atoms with Gasteiger partial charge in [0.25, 0.3) is 0 Å². The van der Waals surface area contributed by atoms with E-state index in [1.54, 1.807) is 13.0 Å². The van der Waals surface area contributed by atoms with Crippen molar-refractivity contribution in [1.82, 2.24) is 0 Å². The Labute approximate surface area is 87.3 Å². The van der Waals surface area contributed by atoms with Gasteiger partial charge in [-0.1, -0.05) is 38.7 Å². The SMILES string of the molecule is CC=C(C)C(=O)OCCCCCCC. The summed E-state index contributed by atoms with van der Waals surface area (Å²) in [7, 11) is 0. The van der Waals surface area contributed by atoms with E-state index in [1.165, 1.54) is 19.3 Å². The fourth-order valence-electron chi connectivity index (χ4n) is 1.10. The maximum Gasteiger partial charge on any atom is 0.333 e. The minimum Gasteiger partial charge on any atom is -0.462 e. The minimum absolute atomic E-state index is 0.178. The molecule has 0 rings (SSSR count). The Morgan fingerprint density at radius 3 is 2.43 bits per heavy atom. The highest BCUT2D eigenvalue weighted by atomic mass is 16.5. The summed E-state index contributed by atoms with van der Waals surface area (Å²) in [6.07, 6.45) is 7.70. The van der Waals surface area contributed by atoms with Crippen LogP contribution in [0.2, 0.25) is 0 Å². The lowest BCUT2D eigenvalue weighted by Gasteiger charge is -2.04. The molecule has 0 saturated carbocycles. The summed E-state index contributed by atoms with van der Waals surface area (Å²) in [5, 5.41) is 0. The van der Waals surface area contributed by atoms with E-state index in [2.05, 4.69) is 6.92 Å². The van der Waals surface area contributed by atoms with Crippen LogP contribution in [0.3, 0.4) is 0 Å². The zero-order valence-corrected chi connectivity index (χ0v) is 9.64. The first-order chi connectivity index (χ1) is 6.72. The van der Waals surface area contributed by atoms with Crippen LogP contribution in [0.15, 0.2) is 11.6 Å². The van der Waals surface area contributed by atoms with Crippen LogP contribution in [0.4, 0.5) is 0 Å². The Bertz CT molecular complexity index is 183. The highest BCUT2D eigenvalue weighted by Gasteiger charge is 2.02. The van der Waals surface area contributed by atoms with Crippen LogP contribution >= 0.6 is 0 Å². The van der Waals surface area contributed by atoms with Crippen LogP contribution in [0.1, 0.15) is 52.9 Å².